The Morgan fingerprint density at radius 1 is 1.36 bits per heavy atom. The summed E-state index contributed by atoms with van der Waals surface area (Å²) in [5.74, 6) is 0. The van der Waals surface area contributed by atoms with E-state index in [1.165, 1.54) is 5.56 Å². The zero-order valence-corrected chi connectivity index (χ0v) is 7.68. The van der Waals surface area contributed by atoms with E-state index in [1.807, 2.05) is 18.3 Å². The summed E-state index contributed by atoms with van der Waals surface area (Å²) >= 11 is 0. The minimum absolute atomic E-state index is 0.228. The van der Waals surface area contributed by atoms with Gasteiger partial charge < -0.3 is 10.2 Å². The normalized spacial score (nSPS) is 10.3. The number of nitrogens with two attached hydrogens (primary N) is 1. The second-order valence-electron chi connectivity index (χ2n) is 3.04. The molecule has 0 amide bonds. The molecule has 0 aromatic carbocycles. The van der Waals surface area contributed by atoms with Gasteiger partial charge in [0.25, 0.3) is 6.01 Å². The summed E-state index contributed by atoms with van der Waals surface area (Å²) in [5.41, 5.74) is 7.43. The van der Waals surface area contributed by atoms with Crippen molar-refractivity contribution in [2.24, 2.45) is 0 Å². The van der Waals surface area contributed by atoms with Gasteiger partial charge in [-0.05, 0) is 24.5 Å². The van der Waals surface area contributed by atoms with Gasteiger partial charge in [0.15, 0.2) is 0 Å². The van der Waals surface area contributed by atoms with E-state index < -0.39 is 0 Å². The van der Waals surface area contributed by atoms with Crippen molar-refractivity contribution in [2.45, 2.75) is 12.8 Å². The summed E-state index contributed by atoms with van der Waals surface area (Å²) in [5, 5.41) is 0. The first-order valence-electron chi connectivity index (χ1n) is 4.43. The van der Waals surface area contributed by atoms with Gasteiger partial charge in [0.05, 0.1) is 5.69 Å². The van der Waals surface area contributed by atoms with Crippen LogP contribution in [0, 0.1) is 0 Å². The van der Waals surface area contributed by atoms with E-state index in [9.17, 15) is 0 Å². The quantitative estimate of drug-likeness (QED) is 0.793. The lowest BCUT2D eigenvalue weighted by atomic mass is 10.1. The first kappa shape index (κ1) is 8.74. The van der Waals surface area contributed by atoms with Crippen LogP contribution in [0.3, 0.4) is 0 Å². The van der Waals surface area contributed by atoms with Crippen molar-refractivity contribution in [3.05, 3.63) is 42.0 Å². The van der Waals surface area contributed by atoms with E-state index >= 15 is 0 Å². The van der Waals surface area contributed by atoms with Crippen LogP contribution < -0.4 is 5.73 Å². The molecule has 0 radical (unpaired) electrons. The molecular formula is C10H11N3O. The van der Waals surface area contributed by atoms with Crippen LogP contribution in [0.4, 0.5) is 6.01 Å². The van der Waals surface area contributed by atoms with Gasteiger partial charge in [0, 0.05) is 12.4 Å². The number of nitrogens with zero attached hydrogens (tertiary/aromatic N) is 2. The fraction of sp³-hybridized carbons (Fsp3) is 0.200. The van der Waals surface area contributed by atoms with Gasteiger partial charge in [-0.3, -0.25) is 4.98 Å². The number of hydrogen-bond donors (Lipinski definition) is 1. The zero-order chi connectivity index (χ0) is 9.80. The molecule has 0 unspecified atom stereocenters. The first-order chi connectivity index (χ1) is 6.84. The Hall–Kier alpha value is -1.84. The summed E-state index contributed by atoms with van der Waals surface area (Å²) in [6.45, 7) is 0. The molecule has 0 spiro atoms. The van der Waals surface area contributed by atoms with Crippen molar-refractivity contribution >= 4 is 6.01 Å². The summed E-state index contributed by atoms with van der Waals surface area (Å²) in [6, 6.07) is 4.19. The van der Waals surface area contributed by atoms with E-state index in [0.29, 0.717) is 0 Å². The van der Waals surface area contributed by atoms with Gasteiger partial charge in [0.1, 0.15) is 6.26 Å². The maximum absolute atomic E-state index is 5.36. The monoisotopic (exact) mass is 189 g/mol. The molecular weight excluding hydrogens is 178 g/mol. The molecule has 4 heteroatoms. The lowest BCUT2D eigenvalue weighted by Crippen LogP contribution is -1.92. The Balaban J connectivity index is 1.95. The van der Waals surface area contributed by atoms with E-state index in [-0.39, 0.29) is 6.01 Å². The zero-order valence-electron chi connectivity index (χ0n) is 7.68. The Bertz CT molecular complexity index is 397. The second kappa shape index (κ2) is 3.91. The van der Waals surface area contributed by atoms with Crippen LogP contribution in [-0.4, -0.2) is 9.97 Å². The van der Waals surface area contributed by atoms with Crippen molar-refractivity contribution in [3.63, 3.8) is 0 Å². The second-order valence-corrected chi connectivity index (χ2v) is 3.04. The maximum atomic E-state index is 5.36. The van der Waals surface area contributed by atoms with Crippen LogP contribution in [0.2, 0.25) is 0 Å². The lowest BCUT2D eigenvalue weighted by Gasteiger charge is -1.96. The smallest absolute Gasteiger partial charge is 0.292 e. The minimum Gasteiger partial charge on any atom is -0.432 e. The van der Waals surface area contributed by atoms with E-state index in [1.54, 1.807) is 12.5 Å². The highest BCUT2D eigenvalue weighted by atomic mass is 16.4. The number of anilines is 1. The van der Waals surface area contributed by atoms with Crippen molar-refractivity contribution in [2.75, 3.05) is 5.73 Å². The summed E-state index contributed by atoms with van der Waals surface area (Å²) in [4.78, 5) is 8.05. The number of aryl methyl sites for hydroxylation is 2. The average molecular weight is 189 g/mol. The molecule has 2 heterocycles. The van der Waals surface area contributed by atoms with Crippen molar-refractivity contribution < 1.29 is 4.42 Å². The maximum Gasteiger partial charge on any atom is 0.292 e. The molecule has 0 aliphatic rings. The van der Waals surface area contributed by atoms with Crippen LogP contribution in [0.5, 0.6) is 0 Å². The fourth-order valence-corrected chi connectivity index (χ4v) is 1.26. The van der Waals surface area contributed by atoms with Gasteiger partial charge in [-0.15, -0.1) is 0 Å². The number of rotatable bonds is 3. The third kappa shape index (κ3) is 2.10. The Kier molecular flexibility index (Phi) is 2.44. The molecule has 0 saturated carbocycles. The van der Waals surface area contributed by atoms with E-state index in [4.69, 9.17) is 10.2 Å². The molecule has 0 fully saturated rings. The standard InChI is InChI=1S/C10H11N3O/c11-10-13-9(7-14-10)4-3-8-2-1-5-12-6-8/h1-2,5-7H,3-4H2,(H2,11,13). The molecule has 2 aromatic rings. The largest absolute Gasteiger partial charge is 0.432 e. The molecule has 72 valence electrons. The Labute approximate surface area is 81.8 Å². The van der Waals surface area contributed by atoms with E-state index in [0.717, 1.165) is 18.5 Å². The SMILES string of the molecule is Nc1nc(CCc2cccnc2)co1. The molecule has 2 aromatic heterocycles. The highest BCUT2D eigenvalue weighted by molar-refractivity contribution is 5.15. The number of oxazole rings is 1. The van der Waals surface area contributed by atoms with Crippen molar-refractivity contribution in [3.8, 4) is 0 Å². The number of aromatic nitrogens is 2. The topological polar surface area (TPSA) is 64.9 Å². The van der Waals surface area contributed by atoms with Gasteiger partial charge in [-0.25, -0.2) is 0 Å². The Morgan fingerprint density at radius 2 is 2.29 bits per heavy atom. The van der Waals surface area contributed by atoms with Crippen molar-refractivity contribution in [1.82, 2.24) is 9.97 Å². The third-order valence-corrected chi connectivity index (χ3v) is 1.96. The van der Waals surface area contributed by atoms with Gasteiger partial charge in [-0.2, -0.15) is 4.98 Å². The average Bonchev–Trinajstić information content (AvgIpc) is 2.63. The van der Waals surface area contributed by atoms with E-state index in [2.05, 4.69) is 9.97 Å². The third-order valence-electron chi connectivity index (χ3n) is 1.96. The molecule has 14 heavy (non-hydrogen) atoms. The first-order valence-corrected chi connectivity index (χ1v) is 4.43. The number of nitrogen functional groups attached to an aromatic ring is 1. The van der Waals surface area contributed by atoms with Gasteiger partial charge in [-0.1, -0.05) is 6.07 Å². The highest BCUT2D eigenvalue weighted by Crippen LogP contribution is 2.07. The lowest BCUT2D eigenvalue weighted by molar-refractivity contribution is 0.578. The van der Waals surface area contributed by atoms with Crippen LogP contribution in [0.15, 0.2) is 35.2 Å². The molecule has 0 atom stereocenters. The van der Waals surface area contributed by atoms with Gasteiger partial charge in [0.2, 0.25) is 0 Å². The number of pyridine rings is 1. The van der Waals surface area contributed by atoms with Gasteiger partial charge >= 0.3 is 0 Å². The van der Waals surface area contributed by atoms with Crippen LogP contribution >= 0.6 is 0 Å². The summed E-state index contributed by atoms with van der Waals surface area (Å²) < 4.78 is 4.90. The van der Waals surface area contributed by atoms with Crippen molar-refractivity contribution in [1.29, 1.82) is 0 Å². The summed E-state index contributed by atoms with van der Waals surface area (Å²) in [7, 11) is 0. The minimum atomic E-state index is 0.228. The highest BCUT2D eigenvalue weighted by Gasteiger charge is 2.00. The molecule has 0 aliphatic heterocycles. The fourth-order valence-electron chi connectivity index (χ4n) is 1.26. The number of hydrogen-bond acceptors (Lipinski definition) is 4. The predicted octanol–water partition coefficient (Wildman–Crippen LogP) is 1.44. The molecule has 2 rings (SSSR count). The molecule has 4 nitrogen and oxygen atoms in total. The molecule has 0 bridgehead atoms. The van der Waals surface area contributed by atoms with Crippen LogP contribution in [0.25, 0.3) is 0 Å². The molecule has 0 saturated heterocycles. The molecule has 0 aliphatic carbocycles. The molecule has 2 N–H and O–H groups in total. The Morgan fingerprint density at radius 3 is 2.93 bits per heavy atom. The van der Waals surface area contributed by atoms with Crippen LogP contribution in [0.1, 0.15) is 11.3 Å². The summed E-state index contributed by atoms with van der Waals surface area (Å²) in [6.07, 6.45) is 6.93. The predicted molar refractivity (Wildman–Crippen MR) is 52.6 cm³/mol. The van der Waals surface area contributed by atoms with Crippen LogP contribution in [-0.2, 0) is 12.8 Å².